The summed E-state index contributed by atoms with van der Waals surface area (Å²) >= 11 is 0. The van der Waals surface area contributed by atoms with Crippen molar-refractivity contribution in [3.05, 3.63) is 29.8 Å². The average molecular weight is 271 g/mol. The maximum Gasteiger partial charge on any atom is 0.129 e. The molecule has 2 unspecified atom stereocenters. The zero-order chi connectivity index (χ0) is 13.9. The van der Waals surface area contributed by atoms with Crippen LogP contribution in [0.4, 0.5) is 8.78 Å². The van der Waals surface area contributed by atoms with Gasteiger partial charge in [0.05, 0.1) is 13.2 Å². The highest BCUT2D eigenvalue weighted by molar-refractivity contribution is 5.23. The zero-order valence-corrected chi connectivity index (χ0v) is 10.7. The molecule has 3 nitrogen and oxygen atoms in total. The lowest BCUT2D eigenvalue weighted by molar-refractivity contribution is 0.143. The molecule has 0 saturated heterocycles. The summed E-state index contributed by atoms with van der Waals surface area (Å²) in [6.45, 7) is 0.304. The van der Waals surface area contributed by atoms with Crippen molar-refractivity contribution in [1.82, 2.24) is 0 Å². The second kappa shape index (κ2) is 5.84. The Labute approximate surface area is 111 Å². The van der Waals surface area contributed by atoms with Gasteiger partial charge in [0.2, 0.25) is 0 Å². The summed E-state index contributed by atoms with van der Waals surface area (Å²) < 4.78 is 31.3. The molecule has 2 rings (SSSR count). The van der Waals surface area contributed by atoms with Crippen molar-refractivity contribution in [2.24, 2.45) is 11.7 Å². The Bertz CT molecular complexity index is 421. The number of hydrogen-bond donors (Lipinski definition) is 2. The van der Waals surface area contributed by atoms with Crippen molar-refractivity contribution < 1.29 is 18.6 Å². The van der Waals surface area contributed by atoms with Gasteiger partial charge < -0.3 is 15.6 Å². The van der Waals surface area contributed by atoms with E-state index >= 15 is 0 Å². The molecule has 1 saturated carbocycles. The molecule has 0 aromatic heterocycles. The van der Waals surface area contributed by atoms with E-state index < -0.39 is 17.2 Å². The van der Waals surface area contributed by atoms with Gasteiger partial charge in [-0.3, -0.25) is 0 Å². The number of halogens is 2. The van der Waals surface area contributed by atoms with Gasteiger partial charge in [-0.25, -0.2) is 8.78 Å². The van der Waals surface area contributed by atoms with Crippen LogP contribution in [0, 0.1) is 17.6 Å². The normalized spacial score (nSPS) is 26.6. The third-order valence-electron chi connectivity index (χ3n) is 3.87. The molecule has 1 fully saturated rings. The summed E-state index contributed by atoms with van der Waals surface area (Å²) in [5.41, 5.74) is 5.57. The predicted molar refractivity (Wildman–Crippen MR) is 67.8 cm³/mol. The van der Waals surface area contributed by atoms with E-state index in [1.165, 1.54) is 0 Å². The van der Waals surface area contributed by atoms with E-state index in [9.17, 15) is 13.9 Å². The Morgan fingerprint density at radius 2 is 2.00 bits per heavy atom. The third-order valence-corrected chi connectivity index (χ3v) is 3.87. The molecule has 0 radical (unpaired) electrons. The molecule has 0 heterocycles. The number of hydrogen-bond acceptors (Lipinski definition) is 3. The first-order valence-electron chi connectivity index (χ1n) is 6.52. The molecular weight excluding hydrogens is 252 g/mol. The first kappa shape index (κ1) is 14.2. The standard InChI is InChI=1S/C14H19F2NO2/c15-11-6-12(16)8-13(7-11)19-5-3-10-2-1-4-14(10,17)9-18/h6-8,10,18H,1-5,9,17H2. The number of aliphatic hydroxyl groups excluding tert-OH is 1. The average Bonchev–Trinajstić information content (AvgIpc) is 2.71. The lowest BCUT2D eigenvalue weighted by Gasteiger charge is -2.29. The van der Waals surface area contributed by atoms with E-state index in [0.717, 1.165) is 37.5 Å². The van der Waals surface area contributed by atoms with Gasteiger partial charge in [0.1, 0.15) is 17.4 Å². The monoisotopic (exact) mass is 271 g/mol. The predicted octanol–water partition coefficient (Wildman–Crippen LogP) is 2.22. The second-order valence-electron chi connectivity index (χ2n) is 5.22. The van der Waals surface area contributed by atoms with Gasteiger partial charge in [0.15, 0.2) is 0 Å². The number of aliphatic hydroxyl groups is 1. The van der Waals surface area contributed by atoms with Crippen LogP contribution in [-0.4, -0.2) is 23.9 Å². The molecule has 3 N–H and O–H groups in total. The maximum atomic E-state index is 13.0. The van der Waals surface area contributed by atoms with E-state index in [4.69, 9.17) is 10.5 Å². The summed E-state index contributed by atoms with van der Waals surface area (Å²) in [5.74, 6) is -0.934. The van der Waals surface area contributed by atoms with Crippen LogP contribution in [0.2, 0.25) is 0 Å². The molecule has 5 heteroatoms. The van der Waals surface area contributed by atoms with Gasteiger partial charge in [-0.1, -0.05) is 6.42 Å². The van der Waals surface area contributed by atoms with Gasteiger partial charge in [0, 0.05) is 23.7 Å². The molecule has 1 aromatic carbocycles. The molecule has 1 aliphatic carbocycles. The van der Waals surface area contributed by atoms with Crippen LogP contribution in [-0.2, 0) is 0 Å². The molecule has 0 bridgehead atoms. The van der Waals surface area contributed by atoms with Crippen molar-refractivity contribution >= 4 is 0 Å². The number of nitrogens with two attached hydrogens (primary N) is 1. The van der Waals surface area contributed by atoms with Crippen LogP contribution in [0.25, 0.3) is 0 Å². The quantitative estimate of drug-likeness (QED) is 0.863. The topological polar surface area (TPSA) is 55.5 Å². The largest absolute Gasteiger partial charge is 0.493 e. The Balaban J connectivity index is 1.86. The van der Waals surface area contributed by atoms with Gasteiger partial charge >= 0.3 is 0 Å². The van der Waals surface area contributed by atoms with Crippen molar-refractivity contribution in [2.45, 2.75) is 31.2 Å². The van der Waals surface area contributed by atoms with Crippen LogP contribution >= 0.6 is 0 Å². The molecule has 106 valence electrons. The van der Waals surface area contributed by atoms with Crippen LogP contribution in [0.15, 0.2) is 18.2 Å². The Morgan fingerprint density at radius 1 is 1.32 bits per heavy atom. The van der Waals surface area contributed by atoms with Crippen molar-refractivity contribution in [3.63, 3.8) is 0 Å². The summed E-state index contributed by atoms with van der Waals surface area (Å²) in [7, 11) is 0. The summed E-state index contributed by atoms with van der Waals surface area (Å²) in [6, 6.07) is 3.11. The first-order chi connectivity index (χ1) is 9.03. The minimum Gasteiger partial charge on any atom is -0.493 e. The first-order valence-corrected chi connectivity index (χ1v) is 6.52. The van der Waals surface area contributed by atoms with Crippen molar-refractivity contribution in [1.29, 1.82) is 0 Å². The van der Waals surface area contributed by atoms with Crippen LogP contribution in [0.5, 0.6) is 5.75 Å². The molecule has 19 heavy (non-hydrogen) atoms. The van der Waals surface area contributed by atoms with Gasteiger partial charge in [-0.15, -0.1) is 0 Å². The number of benzene rings is 1. The Hall–Kier alpha value is -1.20. The van der Waals surface area contributed by atoms with E-state index in [0.29, 0.717) is 13.0 Å². The highest BCUT2D eigenvalue weighted by Gasteiger charge is 2.38. The maximum absolute atomic E-state index is 13.0. The molecular formula is C14H19F2NO2. The number of rotatable bonds is 5. The highest BCUT2D eigenvalue weighted by Crippen LogP contribution is 2.35. The van der Waals surface area contributed by atoms with Crippen LogP contribution in [0.3, 0.4) is 0 Å². The minimum atomic E-state index is -0.653. The lowest BCUT2D eigenvalue weighted by Crippen LogP contribution is -2.47. The fourth-order valence-electron chi connectivity index (χ4n) is 2.74. The smallest absolute Gasteiger partial charge is 0.129 e. The lowest BCUT2D eigenvalue weighted by atomic mass is 9.87. The molecule has 1 aromatic rings. The van der Waals surface area contributed by atoms with Gasteiger partial charge in [-0.2, -0.15) is 0 Å². The highest BCUT2D eigenvalue weighted by atomic mass is 19.1. The summed E-state index contributed by atoms with van der Waals surface area (Å²) in [6.07, 6.45) is 3.44. The Kier molecular flexibility index (Phi) is 4.37. The van der Waals surface area contributed by atoms with Gasteiger partial charge in [-0.05, 0) is 25.2 Å². The minimum absolute atomic E-state index is 0.0355. The van der Waals surface area contributed by atoms with Crippen LogP contribution in [0.1, 0.15) is 25.7 Å². The SMILES string of the molecule is NC1(CO)CCCC1CCOc1cc(F)cc(F)c1. The summed E-state index contributed by atoms with van der Waals surface area (Å²) in [5, 5.41) is 9.32. The summed E-state index contributed by atoms with van der Waals surface area (Å²) in [4.78, 5) is 0. The fourth-order valence-corrected chi connectivity index (χ4v) is 2.74. The Morgan fingerprint density at radius 3 is 2.63 bits per heavy atom. The van der Waals surface area contributed by atoms with Crippen molar-refractivity contribution in [2.75, 3.05) is 13.2 Å². The zero-order valence-electron chi connectivity index (χ0n) is 10.7. The second-order valence-corrected chi connectivity index (χ2v) is 5.22. The van der Waals surface area contributed by atoms with E-state index in [-0.39, 0.29) is 18.3 Å². The van der Waals surface area contributed by atoms with E-state index in [1.807, 2.05) is 0 Å². The third kappa shape index (κ3) is 3.42. The van der Waals surface area contributed by atoms with Gasteiger partial charge in [0.25, 0.3) is 0 Å². The molecule has 1 aliphatic rings. The number of ether oxygens (including phenoxy) is 1. The van der Waals surface area contributed by atoms with Crippen LogP contribution < -0.4 is 10.5 Å². The molecule has 0 amide bonds. The molecule has 0 spiro atoms. The molecule has 0 aliphatic heterocycles. The van der Waals surface area contributed by atoms with E-state index in [1.54, 1.807) is 0 Å². The van der Waals surface area contributed by atoms with E-state index in [2.05, 4.69) is 0 Å². The fraction of sp³-hybridized carbons (Fsp3) is 0.571. The molecule has 2 atom stereocenters. The van der Waals surface area contributed by atoms with Crippen molar-refractivity contribution in [3.8, 4) is 5.75 Å².